The molecule has 7 rings (SSSR count). The number of rotatable bonds is 8. The van der Waals surface area contributed by atoms with Crippen molar-refractivity contribution in [3.05, 3.63) is 60.7 Å². The Kier molecular flexibility index (Phi) is 5.73. The van der Waals surface area contributed by atoms with Gasteiger partial charge in [0.15, 0.2) is 0 Å². The van der Waals surface area contributed by atoms with Gasteiger partial charge in [-0.2, -0.15) is 0 Å². The van der Waals surface area contributed by atoms with Crippen LogP contribution in [0.2, 0.25) is 0 Å². The highest BCUT2D eigenvalue weighted by molar-refractivity contribution is 6.00. The van der Waals surface area contributed by atoms with Crippen molar-refractivity contribution in [2.45, 2.75) is 63.2 Å². The predicted octanol–water partition coefficient (Wildman–Crippen LogP) is 5.54. The number of aryl methyl sites for hydroxylation is 1. The van der Waals surface area contributed by atoms with Gasteiger partial charge in [0.1, 0.15) is 41.6 Å². The molecular formula is C30H34N6O2. The van der Waals surface area contributed by atoms with Crippen LogP contribution in [0, 0.1) is 12.8 Å². The van der Waals surface area contributed by atoms with Crippen LogP contribution in [0.5, 0.6) is 5.75 Å². The van der Waals surface area contributed by atoms with E-state index in [9.17, 15) is 0 Å². The molecule has 0 spiro atoms. The molecule has 3 aromatic heterocycles. The first-order chi connectivity index (χ1) is 18.6. The fourth-order valence-electron chi connectivity index (χ4n) is 6.44. The fourth-order valence-corrected chi connectivity index (χ4v) is 6.44. The molecule has 3 aliphatic rings. The summed E-state index contributed by atoms with van der Waals surface area (Å²) in [5, 5.41) is 4.40. The van der Waals surface area contributed by atoms with E-state index < -0.39 is 0 Å². The van der Waals surface area contributed by atoms with Crippen molar-refractivity contribution >= 4 is 22.7 Å². The van der Waals surface area contributed by atoms with E-state index >= 15 is 0 Å². The molecule has 0 atom stereocenters. The normalized spacial score (nSPS) is 26.0. The third-order valence-electron chi connectivity index (χ3n) is 8.61. The average molecular weight is 511 g/mol. The van der Waals surface area contributed by atoms with Gasteiger partial charge in [-0.3, -0.25) is 0 Å². The number of hydrogen-bond acceptors (Lipinski definition) is 7. The smallest absolute Gasteiger partial charge is 0.146 e. The van der Waals surface area contributed by atoms with Crippen molar-refractivity contribution in [1.82, 2.24) is 19.5 Å². The van der Waals surface area contributed by atoms with Crippen molar-refractivity contribution in [2.75, 3.05) is 24.2 Å². The first kappa shape index (κ1) is 23.5. The van der Waals surface area contributed by atoms with Crippen LogP contribution in [0.3, 0.4) is 0 Å². The molecule has 3 N–H and O–H groups in total. The zero-order valence-corrected chi connectivity index (χ0v) is 21.8. The summed E-state index contributed by atoms with van der Waals surface area (Å²) in [6, 6.07) is 14.7. The highest BCUT2D eigenvalue weighted by atomic mass is 16.6. The van der Waals surface area contributed by atoms with Crippen molar-refractivity contribution < 1.29 is 9.47 Å². The summed E-state index contributed by atoms with van der Waals surface area (Å²) >= 11 is 0. The Balaban J connectivity index is 1.09. The molecule has 0 radical (unpaired) electrons. The van der Waals surface area contributed by atoms with E-state index in [0.29, 0.717) is 30.5 Å². The second-order valence-corrected chi connectivity index (χ2v) is 11.3. The molecule has 5 heterocycles. The Bertz CT molecular complexity index is 1470. The number of anilines is 2. The Morgan fingerprint density at radius 2 is 1.97 bits per heavy atom. The molecule has 8 nitrogen and oxygen atoms in total. The first-order valence-corrected chi connectivity index (χ1v) is 13.7. The number of nitrogens with two attached hydrogens (primary N) is 1. The van der Waals surface area contributed by atoms with Crippen LogP contribution >= 0.6 is 0 Å². The zero-order chi connectivity index (χ0) is 25.7. The third kappa shape index (κ3) is 4.26. The van der Waals surface area contributed by atoms with Gasteiger partial charge in [-0.05, 0) is 81.2 Å². The minimum Gasteiger partial charge on any atom is -0.491 e. The lowest BCUT2D eigenvalue weighted by molar-refractivity contribution is -0.0198. The molecule has 2 saturated heterocycles. The molecule has 1 saturated carbocycles. The van der Waals surface area contributed by atoms with Gasteiger partial charge >= 0.3 is 0 Å². The Morgan fingerprint density at radius 3 is 2.76 bits per heavy atom. The number of hydrogen-bond donors (Lipinski definition) is 2. The third-order valence-corrected chi connectivity index (χ3v) is 8.61. The second kappa shape index (κ2) is 9.27. The van der Waals surface area contributed by atoms with E-state index in [1.54, 1.807) is 6.33 Å². The molecule has 4 aromatic rings. The van der Waals surface area contributed by atoms with Gasteiger partial charge in [-0.25, -0.2) is 15.0 Å². The number of pyridine rings is 1. The highest BCUT2D eigenvalue weighted by Crippen LogP contribution is 2.45. The number of ether oxygens (including phenoxy) is 2. The molecule has 0 amide bonds. The maximum atomic E-state index is 6.41. The van der Waals surface area contributed by atoms with Crippen LogP contribution in [0.1, 0.15) is 50.3 Å². The number of nitrogen functional groups attached to an aromatic ring is 1. The molecule has 1 aliphatic carbocycles. The topological polar surface area (TPSA) is 100 Å². The molecule has 3 fully saturated rings. The SMILES string of the molecule is Cc1cccc(NC[C@H]2C[C@@H](n3cc(-c4cccc(OCC56CCC(CC5)O6)c4)c4c(N)ncnc43)C2)n1. The number of nitrogens with one attached hydrogen (secondary N) is 1. The Labute approximate surface area is 222 Å². The lowest BCUT2D eigenvalue weighted by Crippen LogP contribution is -2.32. The Hall–Kier alpha value is -3.65. The lowest BCUT2D eigenvalue weighted by atomic mass is 9.80. The van der Waals surface area contributed by atoms with Crippen LogP contribution in [0.4, 0.5) is 11.6 Å². The van der Waals surface area contributed by atoms with E-state index in [2.05, 4.69) is 43.2 Å². The van der Waals surface area contributed by atoms with Gasteiger partial charge < -0.3 is 25.1 Å². The number of nitrogens with zero attached hydrogens (tertiary/aromatic N) is 4. The molecule has 2 aliphatic heterocycles. The van der Waals surface area contributed by atoms with Gasteiger partial charge in [0.25, 0.3) is 0 Å². The Morgan fingerprint density at radius 1 is 1.13 bits per heavy atom. The van der Waals surface area contributed by atoms with Crippen molar-refractivity contribution in [3.8, 4) is 16.9 Å². The van der Waals surface area contributed by atoms with Crippen LogP contribution in [0.25, 0.3) is 22.2 Å². The molecule has 2 bridgehead atoms. The van der Waals surface area contributed by atoms with Crippen molar-refractivity contribution in [3.63, 3.8) is 0 Å². The molecule has 38 heavy (non-hydrogen) atoms. The standard InChI is InChI=1S/C30H34N6O2/c1-19-4-2-7-26(35-19)32-15-20-12-22(13-20)36-16-25(27-28(31)33-18-34-29(27)36)21-5-3-6-24(14-21)37-17-30-10-8-23(38-30)9-11-30/h2-7,14,16,18,20,22-23H,8-13,15,17H2,1H3,(H,32,35)(H2,31,33,34)/t20-,22+,23?,30?. The van der Waals surface area contributed by atoms with Gasteiger partial charge in [-0.15, -0.1) is 0 Å². The summed E-state index contributed by atoms with van der Waals surface area (Å²) in [7, 11) is 0. The molecule has 196 valence electrons. The minimum atomic E-state index is -0.0972. The first-order valence-electron chi connectivity index (χ1n) is 13.7. The molecule has 0 unspecified atom stereocenters. The highest BCUT2D eigenvalue weighted by Gasteiger charge is 2.46. The van der Waals surface area contributed by atoms with Crippen LogP contribution < -0.4 is 15.8 Å². The van der Waals surface area contributed by atoms with Gasteiger partial charge in [0.05, 0.1) is 11.5 Å². The number of benzene rings is 1. The van der Waals surface area contributed by atoms with E-state index in [-0.39, 0.29) is 5.60 Å². The van der Waals surface area contributed by atoms with Crippen LogP contribution in [-0.4, -0.2) is 44.4 Å². The number of aromatic nitrogens is 4. The molecule has 1 aromatic carbocycles. The van der Waals surface area contributed by atoms with Gasteiger partial charge in [-0.1, -0.05) is 18.2 Å². The van der Waals surface area contributed by atoms with Crippen molar-refractivity contribution in [1.29, 1.82) is 0 Å². The summed E-state index contributed by atoms with van der Waals surface area (Å²) in [5.41, 5.74) is 10.3. The summed E-state index contributed by atoms with van der Waals surface area (Å²) in [6.07, 6.45) is 10.9. The minimum absolute atomic E-state index is 0.0972. The lowest BCUT2D eigenvalue weighted by Gasteiger charge is -2.36. The quantitative estimate of drug-likeness (QED) is 0.321. The van der Waals surface area contributed by atoms with Gasteiger partial charge in [0, 0.05) is 30.0 Å². The molecule has 8 heteroatoms. The summed E-state index contributed by atoms with van der Waals surface area (Å²) < 4.78 is 14.8. The predicted molar refractivity (Wildman–Crippen MR) is 148 cm³/mol. The zero-order valence-electron chi connectivity index (χ0n) is 21.8. The maximum absolute atomic E-state index is 6.41. The van der Waals surface area contributed by atoms with Gasteiger partial charge in [0.2, 0.25) is 0 Å². The van der Waals surface area contributed by atoms with Crippen LogP contribution in [0.15, 0.2) is 55.0 Å². The molecular weight excluding hydrogens is 476 g/mol. The summed E-state index contributed by atoms with van der Waals surface area (Å²) in [4.78, 5) is 13.5. The van der Waals surface area contributed by atoms with E-state index in [4.69, 9.17) is 15.2 Å². The summed E-state index contributed by atoms with van der Waals surface area (Å²) in [6.45, 7) is 3.54. The van der Waals surface area contributed by atoms with E-state index in [0.717, 1.165) is 84.5 Å². The summed E-state index contributed by atoms with van der Waals surface area (Å²) in [5.74, 6) is 2.89. The monoisotopic (exact) mass is 510 g/mol. The van der Waals surface area contributed by atoms with E-state index in [1.807, 2.05) is 37.3 Å². The van der Waals surface area contributed by atoms with Crippen molar-refractivity contribution in [2.24, 2.45) is 5.92 Å². The van der Waals surface area contributed by atoms with Crippen LogP contribution in [-0.2, 0) is 4.74 Å². The van der Waals surface area contributed by atoms with E-state index in [1.165, 1.54) is 0 Å². The maximum Gasteiger partial charge on any atom is 0.146 e. The fraction of sp³-hybridized carbons (Fsp3) is 0.433. The largest absolute Gasteiger partial charge is 0.491 e. The average Bonchev–Trinajstić information content (AvgIpc) is 3.61. The number of fused-ring (bicyclic) bond motifs is 3. The second-order valence-electron chi connectivity index (χ2n) is 11.3.